The lowest BCUT2D eigenvalue weighted by Gasteiger charge is -2.16. The highest BCUT2D eigenvalue weighted by Gasteiger charge is 2.11. The normalized spacial score (nSPS) is 11.6. The van der Waals surface area contributed by atoms with E-state index in [-0.39, 0.29) is 6.42 Å². The fourth-order valence-electron chi connectivity index (χ4n) is 0.749. The van der Waals surface area contributed by atoms with Crippen LogP contribution in [0, 0.1) is 0 Å². The van der Waals surface area contributed by atoms with Gasteiger partial charge in [-0.3, -0.25) is 4.79 Å². The second-order valence-electron chi connectivity index (χ2n) is 3.67. The molecule has 0 spiro atoms. The van der Waals surface area contributed by atoms with Gasteiger partial charge in [0.1, 0.15) is 0 Å². The molecule has 4 heteroatoms. The van der Waals surface area contributed by atoms with Crippen molar-refractivity contribution in [3.05, 3.63) is 0 Å². The first-order valence-corrected chi connectivity index (χ1v) is 4.44. The second kappa shape index (κ2) is 5.94. The number of hydrogen-bond acceptors (Lipinski definition) is 3. The summed E-state index contributed by atoms with van der Waals surface area (Å²) in [5, 5.41) is 17.6. The van der Waals surface area contributed by atoms with Crippen LogP contribution in [0.25, 0.3) is 0 Å². The van der Waals surface area contributed by atoms with Crippen molar-refractivity contribution in [3.63, 3.8) is 0 Å². The van der Waals surface area contributed by atoms with Gasteiger partial charge in [-0.05, 0) is 26.7 Å². The maximum atomic E-state index is 10.1. The molecule has 0 saturated carbocycles. The Morgan fingerprint density at radius 3 is 2.46 bits per heavy atom. The summed E-state index contributed by atoms with van der Waals surface area (Å²) in [4.78, 5) is 10.1. The molecule has 78 valence electrons. The average molecular weight is 190 g/mol. The van der Waals surface area contributed by atoms with Gasteiger partial charge in [-0.1, -0.05) is 0 Å². The number of rotatable bonds is 7. The second-order valence-corrected chi connectivity index (χ2v) is 3.67. The highest BCUT2D eigenvalue weighted by Crippen LogP contribution is 2.06. The Kier molecular flexibility index (Phi) is 5.66. The molecule has 0 unspecified atom stereocenters. The van der Waals surface area contributed by atoms with Gasteiger partial charge >= 0.3 is 5.97 Å². The van der Waals surface area contributed by atoms with E-state index < -0.39 is 11.6 Å². The van der Waals surface area contributed by atoms with Crippen LogP contribution in [-0.4, -0.2) is 35.0 Å². The van der Waals surface area contributed by atoms with Crippen LogP contribution in [0.5, 0.6) is 0 Å². The van der Waals surface area contributed by atoms with E-state index in [4.69, 9.17) is 9.84 Å². The smallest absolute Gasteiger partial charge is 0.303 e. The summed E-state index contributed by atoms with van der Waals surface area (Å²) < 4.78 is 5.14. The zero-order valence-corrected chi connectivity index (χ0v) is 8.25. The Hall–Kier alpha value is -0.610. The summed E-state index contributed by atoms with van der Waals surface area (Å²) in [5.41, 5.74) is -0.702. The molecular weight excluding hydrogens is 172 g/mol. The Morgan fingerprint density at radius 1 is 1.38 bits per heavy atom. The van der Waals surface area contributed by atoms with Crippen LogP contribution in [-0.2, 0) is 9.53 Å². The van der Waals surface area contributed by atoms with E-state index in [2.05, 4.69) is 0 Å². The van der Waals surface area contributed by atoms with E-state index >= 15 is 0 Å². The fourth-order valence-corrected chi connectivity index (χ4v) is 0.749. The zero-order valence-electron chi connectivity index (χ0n) is 8.25. The molecular formula is C9H18O4. The molecule has 0 aromatic rings. The van der Waals surface area contributed by atoms with Crippen LogP contribution in [0.2, 0.25) is 0 Å². The minimum atomic E-state index is -0.800. The molecule has 0 atom stereocenters. The molecule has 0 saturated heterocycles. The molecule has 0 aliphatic heterocycles. The lowest BCUT2D eigenvalue weighted by molar-refractivity contribution is -0.137. The number of aliphatic carboxylic acids is 1. The third-order valence-electron chi connectivity index (χ3n) is 1.54. The summed E-state index contributed by atoms with van der Waals surface area (Å²) in [6.07, 6.45) is 1.24. The number of carbonyl (C=O) groups is 1. The summed E-state index contributed by atoms with van der Waals surface area (Å²) >= 11 is 0. The van der Waals surface area contributed by atoms with Crippen LogP contribution in [0.4, 0.5) is 0 Å². The quantitative estimate of drug-likeness (QED) is 0.588. The maximum absolute atomic E-state index is 10.1. The number of aliphatic hydroxyl groups is 1. The third-order valence-corrected chi connectivity index (χ3v) is 1.54. The number of carboxylic acids is 1. The lowest BCUT2D eigenvalue weighted by atomic mass is 10.1. The average Bonchev–Trinajstić information content (AvgIpc) is 1.93. The van der Waals surface area contributed by atoms with E-state index in [9.17, 15) is 9.90 Å². The van der Waals surface area contributed by atoms with Crippen molar-refractivity contribution in [1.29, 1.82) is 0 Å². The molecule has 2 N–H and O–H groups in total. The Labute approximate surface area is 78.5 Å². The minimum absolute atomic E-state index is 0.141. The van der Waals surface area contributed by atoms with E-state index in [0.29, 0.717) is 26.1 Å². The van der Waals surface area contributed by atoms with Crippen molar-refractivity contribution in [2.45, 2.75) is 38.7 Å². The van der Waals surface area contributed by atoms with Gasteiger partial charge in [0.15, 0.2) is 0 Å². The van der Waals surface area contributed by atoms with Gasteiger partial charge in [-0.25, -0.2) is 0 Å². The van der Waals surface area contributed by atoms with Crippen molar-refractivity contribution in [3.8, 4) is 0 Å². The number of ether oxygens (including phenoxy) is 1. The van der Waals surface area contributed by atoms with Crippen molar-refractivity contribution in [2.24, 2.45) is 0 Å². The predicted molar refractivity (Wildman–Crippen MR) is 48.6 cm³/mol. The summed E-state index contributed by atoms with van der Waals surface area (Å²) in [6.45, 7) is 4.35. The molecule has 0 heterocycles. The van der Waals surface area contributed by atoms with Crippen LogP contribution in [0.1, 0.15) is 33.1 Å². The molecule has 0 aromatic heterocycles. The number of carboxylic acid groups (broad SMARTS) is 1. The highest BCUT2D eigenvalue weighted by atomic mass is 16.5. The van der Waals surface area contributed by atoms with Crippen molar-refractivity contribution in [2.75, 3.05) is 13.2 Å². The third kappa shape index (κ3) is 11.4. The Balaban J connectivity index is 3.13. The summed E-state index contributed by atoms with van der Waals surface area (Å²) in [6, 6.07) is 0. The largest absolute Gasteiger partial charge is 0.481 e. The molecule has 4 nitrogen and oxygen atoms in total. The molecule has 0 aromatic carbocycles. The molecule has 0 amide bonds. The van der Waals surface area contributed by atoms with Crippen molar-refractivity contribution < 1.29 is 19.7 Å². The van der Waals surface area contributed by atoms with Gasteiger partial charge in [0.05, 0.1) is 5.60 Å². The predicted octanol–water partition coefficient (Wildman–Crippen LogP) is 1.03. The van der Waals surface area contributed by atoms with E-state index in [1.54, 1.807) is 13.8 Å². The van der Waals surface area contributed by atoms with Crippen LogP contribution >= 0.6 is 0 Å². The van der Waals surface area contributed by atoms with Gasteiger partial charge in [-0.15, -0.1) is 0 Å². The molecule has 0 fully saturated rings. The van der Waals surface area contributed by atoms with Gasteiger partial charge in [-0.2, -0.15) is 0 Å². The minimum Gasteiger partial charge on any atom is -0.481 e. The summed E-state index contributed by atoms with van der Waals surface area (Å²) in [5.74, 6) is -0.800. The van der Waals surface area contributed by atoms with Crippen molar-refractivity contribution >= 4 is 5.97 Å². The molecule has 0 bridgehead atoms. The SMILES string of the molecule is CC(C)(O)CCOCCCC(=O)O. The highest BCUT2D eigenvalue weighted by molar-refractivity contribution is 5.66. The number of hydrogen-bond donors (Lipinski definition) is 2. The zero-order chi connectivity index (χ0) is 10.3. The standard InChI is InChI=1S/C9H18O4/c1-9(2,12)5-7-13-6-3-4-8(10)11/h12H,3-7H2,1-2H3,(H,10,11). The molecule has 0 aliphatic rings. The topological polar surface area (TPSA) is 66.8 Å². The van der Waals surface area contributed by atoms with Crippen LogP contribution in [0.3, 0.4) is 0 Å². The first-order valence-electron chi connectivity index (χ1n) is 4.44. The van der Waals surface area contributed by atoms with Gasteiger partial charge < -0.3 is 14.9 Å². The first kappa shape index (κ1) is 12.4. The van der Waals surface area contributed by atoms with E-state index in [1.807, 2.05) is 0 Å². The van der Waals surface area contributed by atoms with Crippen LogP contribution < -0.4 is 0 Å². The first-order chi connectivity index (χ1) is 5.92. The van der Waals surface area contributed by atoms with Gasteiger partial charge in [0.25, 0.3) is 0 Å². The fraction of sp³-hybridized carbons (Fsp3) is 0.889. The molecule has 13 heavy (non-hydrogen) atoms. The van der Waals surface area contributed by atoms with Gasteiger partial charge in [0.2, 0.25) is 0 Å². The van der Waals surface area contributed by atoms with Crippen LogP contribution in [0.15, 0.2) is 0 Å². The van der Waals surface area contributed by atoms with E-state index in [0.717, 1.165) is 0 Å². The summed E-state index contributed by atoms with van der Waals surface area (Å²) in [7, 11) is 0. The van der Waals surface area contributed by atoms with Gasteiger partial charge in [0, 0.05) is 19.6 Å². The van der Waals surface area contributed by atoms with Crippen molar-refractivity contribution in [1.82, 2.24) is 0 Å². The Morgan fingerprint density at radius 2 is 2.00 bits per heavy atom. The molecule has 0 rings (SSSR count). The monoisotopic (exact) mass is 190 g/mol. The lowest BCUT2D eigenvalue weighted by Crippen LogP contribution is -2.21. The van der Waals surface area contributed by atoms with E-state index in [1.165, 1.54) is 0 Å². The molecule has 0 radical (unpaired) electrons. The molecule has 0 aliphatic carbocycles. The maximum Gasteiger partial charge on any atom is 0.303 e. The Bertz CT molecular complexity index is 148.